The lowest BCUT2D eigenvalue weighted by atomic mass is 10.1. The number of carbonyl (C=O) groups is 1. The van der Waals surface area contributed by atoms with Crippen LogP contribution in [0.1, 0.15) is 27.0 Å². The van der Waals surface area contributed by atoms with Crippen molar-refractivity contribution in [3.05, 3.63) is 95.3 Å². The summed E-state index contributed by atoms with van der Waals surface area (Å²) in [5.74, 6) is 0.000749. The summed E-state index contributed by atoms with van der Waals surface area (Å²) >= 11 is 0. The van der Waals surface area contributed by atoms with Crippen LogP contribution < -0.4 is 0 Å². The summed E-state index contributed by atoms with van der Waals surface area (Å²) in [7, 11) is 0. The predicted octanol–water partition coefficient (Wildman–Crippen LogP) is 4.14. The highest BCUT2D eigenvalue weighted by molar-refractivity contribution is 6.06. The van der Waals surface area contributed by atoms with Crippen LogP contribution in [0.5, 0.6) is 0 Å². The largest absolute Gasteiger partial charge is 0.289 e. The van der Waals surface area contributed by atoms with Gasteiger partial charge in [-0.3, -0.25) is 9.48 Å². The molecule has 0 saturated heterocycles. The molecule has 0 fully saturated rings. The number of benzene rings is 2. The van der Waals surface area contributed by atoms with E-state index in [0.717, 1.165) is 17.7 Å². The van der Waals surface area contributed by atoms with Crippen molar-refractivity contribution in [2.24, 2.45) is 0 Å². The Hall–Kier alpha value is -2.94. The first-order chi connectivity index (χ1) is 11.2. The zero-order valence-electron chi connectivity index (χ0n) is 13.0. The van der Waals surface area contributed by atoms with Crippen molar-refractivity contribution in [3.63, 3.8) is 0 Å². The van der Waals surface area contributed by atoms with Gasteiger partial charge in [0.2, 0.25) is 0 Å². The maximum atomic E-state index is 12.1. The van der Waals surface area contributed by atoms with E-state index in [1.165, 1.54) is 5.56 Å². The van der Waals surface area contributed by atoms with Crippen LogP contribution in [-0.4, -0.2) is 15.6 Å². The number of aromatic nitrogens is 2. The minimum atomic E-state index is 0.000749. The van der Waals surface area contributed by atoms with Gasteiger partial charge in [0.25, 0.3) is 0 Å². The van der Waals surface area contributed by atoms with Gasteiger partial charge in [0.15, 0.2) is 5.78 Å². The number of carbonyl (C=O) groups excluding carboxylic acids is 1. The molecule has 3 aromatic rings. The maximum Gasteiger partial charge on any atom is 0.185 e. The van der Waals surface area contributed by atoms with Crippen LogP contribution >= 0.6 is 0 Å². The number of aryl methyl sites for hydroxylation is 1. The summed E-state index contributed by atoms with van der Waals surface area (Å²) in [6.07, 6.45) is 7.10. The first kappa shape index (κ1) is 15.0. The maximum absolute atomic E-state index is 12.1. The Kier molecular flexibility index (Phi) is 4.48. The van der Waals surface area contributed by atoms with E-state index in [2.05, 4.69) is 17.2 Å². The zero-order chi connectivity index (χ0) is 16.1. The van der Waals surface area contributed by atoms with Crippen LogP contribution in [0.3, 0.4) is 0 Å². The summed E-state index contributed by atoms with van der Waals surface area (Å²) in [5.41, 5.74) is 3.96. The van der Waals surface area contributed by atoms with Gasteiger partial charge >= 0.3 is 0 Å². The second kappa shape index (κ2) is 6.88. The molecule has 3 heteroatoms. The zero-order valence-corrected chi connectivity index (χ0v) is 13.0. The lowest BCUT2D eigenvalue weighted by molar-refractivity contribution is 0.104. The number of nitrogens with zero attached hydrogens (tertiary/aromatic N) is 2. The van der Waals surface area contributed by atoms with Crippen molar-refractivity contribution < 1.29 is 4.79 Å². The molecule has 0 aliphatic rings. The Labute approximate surface area is 135 Å². The van der Waals surface area contributed by atoms with Crippen molar-refractivity contribution in [1.82, 2.24) is 9.78 Å². The van der Waals surface area contributed by atoms with Crippen LogP contribution in [-0.2, 0) is 6.54 Å². The van der Waals surface area contributed by atoms with Gasteiger partial charge in [-0.15, -0.1) is 0 Å². The van der Waals surface area contributed by atoms with E-state index < -0.39 is 0 Å². The van der Waals surface area contributed by atoms with Crippen LogP contribution in [0, 0.1) is 6.92 Å². The molecule has 3 rings (SSSR count). The van der Waals surface area contributed by atoms with Gasteiger partial charge in [-0.2, -0.15) is 5.10 Å². The number of hydrogen-bond donors (Lipinski definition) is 0. The van der Waals surface area contributed by atoms with Gasteiger partial charge in [0.1, 0.15) is 0 Å². The number of hydrogen-bond acceptors (Lipinski definition) is 2. The average Bonchev–Trinajstić information content (AvgIpc) is 3.02. The standard InChI is InChI=1S/C20H18N2O/c1-16-7-10-19(11-8-16)20(23)12-9-18-13-21-22(15-18)14-17-5-3-2-4-6-17/h2-13,15H,14H2,1H3/b12-9+. The Bertz CT molecular complexity index is 814. The fourth-order valence-electron chi connectivity index (χ4n) is 2.31. The molecule has 0 N–H and O–H groups in total. The van der Waals surface area contributed by atoms with Gasteiger partial charge in [-0.25, -0.2) is 0 Å². The van der Waals surface area contributed by atoms with Gasteiger partial charge in [0, 0.05) is 17.3 Å². The first-order valence-electron chi connectivity index (χ1n) is 7.56. The number of ketones is 1. The molecule has 0 atom stereocenters. The van der Waals surface area contributed by atoms with Gasteiger partial charge in [-0.05, 0) is 24.6 Å². The molecule has 0 saturated carbocycles. The smallest absolute Gasteiger partial charge is 0.185 e. The summed E-state index contributed by atoms with van der Waals surface area (Å²) in [6.45, 7) is 2.73. The molecule has 1 aromatic heterocycles. The molecule has 0 unspecified atom stereocenters. The molecule has 0 aliphatic heterocycles. The van der Waals surface area contributed by atoms with E-state index in [-0.39, 0.29) is 5.78 Å². The van der Waals surface area contributed by atoms with Crippen LogP contribution in [0.4, 0.5) is 0 Å². The van der Waals surface area contributed by atoms with Crippen molar-refractivity contribution in [3.8, 4) is 0 Å². The molecule has 0 spiro atoms. The van der Waals surface area contributed by atoms with Crippen LogP contribution in [0.2, 0.25) is 0 Å². The molecule has 114 valence electrons. The van der Waals surface area contributed by atoms with Crippen molar-refractivity contribution in [1.29, 1.82) is 0 Å². The molecule has 0 aliphatic carbocycles. The highest BCUT2D eigenvalue weighted by atomic mass is 16.1. The number of rotatable bonds is 5. The molecular formula is C20H18N2O. The monoisotopic (exact) mass is 302 g/mol. The predicted molar refractivity (Wildman–Crippen MR) is 92.3 cm³/mol. The highest BCUT2D eigenvalue weighted by Crippen LogP contribution is 2.08. The minimum Gasteiger partial charge on any atom is -0.289 e. The van der Waals surface area contributed by atoms with E-state index in [1.54, 1.807) is 18.3 Å². The van der Waals surface area contributed by atoms with Gasteiger partial charge in [0.05, 0.1) is 12.7 Å². The Morgan fingerprint density at radius 3 is 2.57 bits per heavy atom. The third-order valence-corrected chi connectivity index (χ3v) is 3.60. The van der Waals surface area contributed by atoms with Gasteiger partial charge < -0.3 is 0 Å². The Morgan fingerprint density at radius 2 is 1.83 bits per heavy atom. The fraction of sp³-hybridized carbons (Fsp3) is 0.100. The summed E-state index contributed by atoms with van der Waals surface area (Å²) in [5, 5.41) is 4.33. The fourth-order valence-corrected chi connectivity index (χ4v) is 2.31. The normalized spacial score (nSPS) is 11.0. The Morgan fingerprint density at radius 1 is 1.09 bits per heavy atom. The molecular weight excluding hydrogens is 284 g/mol. The quantitative estimate of drug-likeness (QED) is 0.524. The number of allylic oxidation sites excluding steroid dienone is 1. The van der Waals surface area contributed by atoms with Gasteiger partial charge in [-0.1, -0.05) is 60.2 Å². The molecule has 3 nitrogen and oxygen atoms in total. The molecule has 0 amide bonds. The van der Waals surface area contributed by atoms with Crippen molar-refractivity contribution >= 4 is 11.9 Å². The Balaban J connectivity index is 1.66. The van der Waals surface area contributed by atoms with E-state index in [1.807, 2.05) is 60.3 Å². The van der Waals surface area contributed by atoms with E-state index in [4.69, 9.17) is 0 Å². The van der Waals surface area contributed by atoms with Crippen LogP contribution in [0.15, 0.2) is 73.1 Å². The lowest BCUT2D eigenvalue weighted by Gasteiger charge is -2.00. The summed E-state index contributed by atoms with van der Waals surface area (Å²) in [6, 6.07) is 17.7. The molecule has 1 heterocycles. The van der Waals surface area contributed by atoms with E-state index in [9.17, 15) is 4.79 Å². The topological polar surface area (TPSA) is 34.9 Å². The minimum absolute atomic E-state index is 0.000749. The van der Waals surface area contributed by atoms with Crippen molar-refractivity contribution in [2.45, 2.75) is 13.5 Å². The third-order valence-electron chi connectivity index (χ3n) is 3.60. The SMILES string of the molecule is Cc1ccc(C(=O)/C=C/c2cnn(Cc3ccccc3)c2)cc1. The van der Waals surface area contributed by atoms with E-state index in [0.29, 0.717) is 5.56 Å². The average molecular weight is 302 g/mol. The van der Waals surface area contributed by atoms with Crippen LogP contribution in [0.25, 0.3) is 6.08 Å². The summed E-state index contributed by atoms with van der Waals surface area (Å²) in [4.78, 5) is 12.1. The molecule has 0 radical (unpaired) electrons. The van der Waals surface area contributed by atoms with Crippen molar-refractivity contribution in [2.75, 3.05) is 0 Å². The van der Waals surface area contributed by atoms with E-state index >= 15 is 0 Å². The highest BCUT2D eigenvalue weighted by Gasteiger charge is 2.02. The second-order valence-corrected chi connectivity index (χ2v) is 5.52. The lowest BCUT2D eigenvalue weighted by Crippen LogP contribution is -1.99. The molecule has 23 heavy (non-hydrogen) atoms. The second-order valence-electron chi connectivity index (χ2n) is 5.52. The molecule has 2 aromatic carbocycles. The third kappa shape index (κ3) is 4.04. The molecule has 0 bridgehead atoms. The summed E-state index contributed by atoms with van der Waals surface area (Å²) < 4.78 is 1.87. The first-order valence-corrected chi connectivity index (χ1v) is 7.56.